The lowest BCUT2D eigenvalue weighted by Crippen LogP contribution is -2.43. The number of carbonyl (C=O) groups excluding carboxylic acids is 1. The van der Waals surface area contributed by atoms with Gasteiger partial charge in [-0.05, 0) is 39.3 Å². The molecule has 104 valence electrons. The number of amides is 2. The second kappa shape index (κ2) is 7.20. The van der Waals surface area contributed by atoms with Gasteiger partial charge in [-0.3, -0.25) is 4.79 Å². The quantitative estimate of drug-likeness (QED) is 0.605. The highest BCUT2D eigenvalue weighted by molar-refractivity contribution is 5.75. The van der Waals surface area contributed by atoms with Gasteiger partial charge in [-0.25, -0.2) is 4.79 Å². The van der Waals surface area contributed by atoms with E-state index in [0.717, 1.165) is 19.4 Å². The lowest BCUT2D eigenvalue weighted by atomic mass is 10.1. The van der Waals surface area contributed by atoms with Gasteiger partial charge in [0.05, 0.1) is 5.92 Å². The topological polar surface area (TPSA) is 81.7 Å². The molecule has 2 unspecified atom stereocenters. The number of carbonyl (C=O) groups is 2. The average molecular weight is 257 g/mol. The van der Waals surface area contributed by atoms with Crippen LogP contribution < -0.4 is 10.6 Å². The Morgan fingerprint density at radius 3 is 2.67 bits per heavy atom. The van der Waals surface area contributed by atoms with Gasteiger partial charge in [-0.15, -0.1) is 0 Å². The van der Waals surface area contributed by atoms with Gasteiger partial charge in [0.15, 0.2) is 0 Å². The zero-order valence-corrected chi connectivity index (χ0v) is 11.1. The van der Waals surface area contributed by atoms with Crippen LogP contribution in [0.2, 0.25) is 0 Å². The highest BCUT2D eigenvalue weighted by atomic mass is 16.4. The highest BCUT2D eigenvalue weighted by Gasteiger charge is 2.30. The Morgan fingerprint density at radius 1 is 1.39 bits per heavy atom. The molecule has 0 heterocycles. The maximum Gasteiger partial charge on any atom is 0.317 e. The molecule has 0 spiro atoms. The minimum absolute atomic E-state index is 0.00495. The van der Waals surface area contributed by atoms with Crippen LogP contribution in [0, 0.1) is 5.92 Å². The number of hydrogen-bond donors (Lipinski definition) is 3. The van der Waals surface area contributed by atoms with Gasteiger partial charge in [0.25, 0.3) is 0 Å². The van der Waals surface area contributed by atoms with Crippen LogP contribution in [0.25, 0.3) is 0 Å². The smallest absolute Gasteiger partial charge is 0.317 e. The van der Waals surface area contributed by atoms with Gasteiger partial charge < -0.3 is 20.6 Å². The van der Waals surface area contributed by atoms with E-state index in [0.29, 0.717) is 19.4 Å². The summed E-state index contributed by atoms with van der Waals surface area (Å²) in [7, 11) is 3.64. The lowest BCUT2D eigenvalue weighted by Gasteiger charge is -2.21. The van der Waals surface area contributed by atoms with Gasteiger partial charge in [0, 0.05) is 19.6 Å². The first-order valence-electron chi connectivity index (χ1n) is 6.43. The first kappa shape index (κ1) is 14.8. The predicted molar refractivity (Wildman–Crippen MR) is 68.5 cm³/mol. The van der Waals surface area contributed by atoms with Gasteiger partial charge in [0.2, 0.25) is 0 Å². The van der Waals surface area contributed by atoms with Gasteiger partial charge in [-0.2, -0.15) is 0 Å². The van der Waals surface area contributed by atoms with E-state index in [-0.39, 0.29) is 18.0 Å². The summed E-state index contributed by atoms with van der Waals surface area (Å²) >= 11 is 0. The largest absolute Gasteiger partial charge is 0.481 e. The Hall–Kier alpha value is -1.30. The molecule has 0 saturated heterocycles. The average Bonchev–Trinajstić information content (AvgIpc) is 2.77. The molecule has 6 heteroatoms. The molecular weight excluding hydrogens is 234 g/mol. The molecule has 1 aliphatic rings. The van der Waals surface area contributed by atoms with Crippen molar-refractivity contribution >= 4 is 12.0 Å². The molecule has 1 saturated carbocycles. The van der Waals surface area contributed by atoms with E-state index in [1.54, 1.807) is 11.9 Å². The Morgan fingerprint density at radius 2 is 2.11 bits per heavy atom. The maximum atomic E-state index is 11.8. The number of urea groups is 1. The number of aliphatic carboxylic acids is 1. The summed E-state index contributed by atoms with van der Waals surface area (Å²) in [6.07, 6.45) is 2.87. The van der Waals surface area contributed by atoms with Crippen molar-refractivity contribution in [2.24, 2.45) is 5.92 Å². The Bertz CT molecular complexity index is 296. The molecule has 1 fully saturated rings. The van der Waals surface area contributed by atoms with Crippen LogP contribution in [-0.4, -0.2) is 55.2 Å². The molecule has 1 aliphatic carbocycles. The van der Waals surface area contributed by atoms with E-state index in [9.17, 15) is 9.59 Å². The number of hydrogen-bond acceptors (Lipinski definition) is 3. The summed E-state index contributed by atoms with van der Waals surface area (Å²) < 4.78 is 0. The molecule has 0 aliphatic heterocycles. The number of carboxylic acids is 1. The molecule has 1 rings (SSSR count). The molecule has 0 aromatic heterocycles. The molecule has 0 bridgehead atoms. The maximum absolute atomic E-state index is 11.8. The van der Waals surface area contributed by atoms with Crippen LogP contribution in [0.3, 0.4) is 0 Å². The van der Waals surface area contributed by atoms with Crippen molar-refractivity contribution in [3.8, 4) is 0 Å². The zero-order valence-electron chi connectivity index (χ0n) is 11.1. The van der Waals surface area contributed by atoms with Gasteiger partial charge in [-0.1, -0.05) is 0 Å². The van der Waals surface area contributed by atoms with E-state index in [1.807, 2.05) is 7.05 Å². The summed E-state index contributed by atoms with van der Waals surface area (Å²) in [5.41, 5.74) is 0. The molecular formula is C12H23N3O3. The van der Waals surface area contributed by atoms with E-state index >= 15 is 0 Å². The number of rotatable bonds is 6. The fourth-order valence-corrected chi connectivity index (χ4v) is 2.22. The SMILES string of the molecule is CNCCCN(C)C(=O)NC1CCC(C(=O)O)C1. The number of nitrogens with zero attached hydrogens (tertiary/aromatic N) is 1. The van der Waals surface area contributed by atoms with Crippen molar-refractivity contribution in [2.75, 3.05) is 27.2 Å². The molecule has 18 heavy (non-hydrogen) atoms. The van der Waals surface area contributed by atoms with Crippen molar-refractivity contribution in [3.63, 3.8) is 0 Å². The van der Waals surface area contributed by atoms with Crippen LogP contribution in [0.15, 0.2) is 0 Å². The van der Waals surface area contributed by atoms with Crippen molar-refractivity contribution in [1.82, 2.24) is 15.5 Å². The predicted octanol–water partition coefficient (Wildman–Crippen LogP) is 0.491. The van der Waals surface area contributed by atoms with Gasteiger partial charge >= 0.3 is 12.0 Å². The summed E-state index contributed by atoms with van der Waals surface area (Å²) in [5.74, 6) is -1.06. The minimum atomic E-state index is -0.755. The second-order valence-corrected chi connectivity index (χ2v) is 4.87. The standard InChI is InChI=1S/C12H23N3O3/c1-13-6-3-7-15(2)12(18)14-10-5-4-9(8-10)11(16)17/h9-10,13H,3-8H2,1-2H3,(H,14,18)(H,16,17). The van der Waals surface area contributed by atoms with Crippen LogP contribution in [0.1, 0.15) is 25.7 Å². The lowest BCUT2D eigenvalue weighted by molar-refractivity contribution is -0.141. The summed E-state index contributed by atoms with van der Waals surface area (Å²) in [6, 6.07) is -0.104. The van der Waals surface area contributed by atoms with Crippen LogP contribution >= 0.6 is 0 Å². The molecule has 0 aromatic rings. The molecule has 2 atom stereocenters. The van der Waals surface area contributed by atoms with Crippen molar-refractivity contribution in [1.29, 1.82) is 0 Å². The van der Waals surface area contributed by atoms with Crippen LogP contribution in [0.5, 0.6) is 0 Å². The third kappa shape index (κ3) is 4.52. The summed E-state index contributed by atoms with van der Waals surface area (Å²) in [4.78, 5) is 24.3. The van der Waals surface area contributed by atoms with Crippen molar-refractivity contribution in [3.05, 3.63) is 0 Å². The fraction of sp³-hybridized carbons (Fsp3) is 0.833. The van der Waals surface area contributed by atoms with E-state index in [4.69, 9.17) is 5.11 Å². The normalized spacial score (nSPS) is 22.8. The first-order chi connectivity index (χ1) is 8.54. The third-order valence-electron chi connectivity index (χ3n) is 3.38. The molecule has 0 radical (unpaired) electrons. The molecule has 3 N–H and O–H groups in total. The Kier molecular flexibility index (Phi) is 5.91. The summed E-state index contributed by atoms with van der Waals surface area (Å²) in [5, 5.41) is 14.8. The minimum Gasteiger partial charge on any atom is -0.481 e. The van der Waals surface area contributed by atoms with Gasteiger partial charge in [0.1, 0.15) is 0 Å². The number of nitrogens with one attached hydrogen (secondary N) is 2. The monoisotopic (exact) mass is 257 g/mol. The van der Waals surface area contributed by atoms with E-state index in [1.165, 1.54) is 0 Å². The van der Waals surface area contributed by atoms with E-state index < -0.39 is 5.97 Å². The molecule has 0 aromatic carbocycles. The Balaban J connectivity index is 2.26. The zero-order chi connectivity index (χ0) is 13.5. The first-order valence-corrected chi connectivity index (χ1v) is 6.43. The van der Waals surface area contributed by atoms with Crippen LogP contribution in [-0.2, 0) is 4.79 Å². The second-order valence-electron chi connectivity index (χ2n) is 4.87. The highest BCUT2D eigenvalue weighted by Crippen LogP contribution is 2.25. The van der Waals surface area contributed by atoms with Crippen molar-refractivity contribution in [2.45, 2.75) is 31.7 Å². The molecule has 2 amide bonds. The van der Waals surface area contributed by atoms with E-state index in [2.05, 4.69) is 10.6 Å². The third-order valence-corrected chi connectivity index (χ3v) is 3.38. The fourth-order valence-electron chi connectivity index (χ4n) is 2.22. The Labute approximate surface area is 108 Å². The van der Waals surface area contributed by atoms with Crippen molar-refractivity contribution < 1.29 is 14.7 Å². The summed E-state index contributed by atoms with van der Waals surface area (Å²) in [6.45, 7) is 1.57. The van der Waals surface area contributed by atoms with Crippen LogP contribution in [0.4, 0.5) is 4.79 Å². The number of carboxylic acid groups (broad SMARTS) is 1. The molecule has 6 nitrogen and oxygen atoms in total.